The van der Waals surface area contributed by atoms with Crippen molar-refractivity contribution in [2.75, 3.05) is 13.2 Å². The van der Waals surface area contributed by atoms with E-state index in [2.05, 4.69) is 16.0 Å². The minimum Gasteiger partial charge on any atom is -0.449 e. The zero-order chi connectivity index (χ0) is 22.8. The number of carbonyl (C=O) groups is 3. The van der Waals surface area contributed by atoms with Crippen LogP contribution in [0.2, 0.25) is 0 Å². The van der Waals surface area contributed by atoms with Gasteiger partial charge in [0.25, 0.3) is 5.91 Å². The highest BCUT2D eigenvalue weighted by molar-refractivity contribution is 5.94. The molecule has 168 valence electrons. The third-order valence-electron chi connectivity index (χ3n) is 4.70. The second-order valence-electron chi connectivity index (χ2n) is 8.79. The predicted molar refractivity (Wildman–Crippen MR) is 118 cm³/mol. The molecule has 7 nitrogen and oxygen atoms in total. The van der Waals surface area contributed by atoms with Crippen LogP contribution >= 0.6 is 0 Å². The molecule has 7 heteroatoms. The summed E-state index contributed by atoms with van der Waals surface area (Å²) in [6, 6.07) is 6.37. The van der Waals surface area contributed by atoms with Gasteiger partial charge in [-0.1, -0.05) is 59.2 Å². The maximum Gasteiger partial charge on any atom is 0.407 e. The lowest BCUT2D eigenvalue weighted by molar-refractivity contribution is -0.124. The van der Waals surface area contributed by atoms with Crippen LogP contribution in [0, 0.1) is 24.7 Å². The molecule has 0 spiro atoms. The summed E-state index contributed by atoms with van der Waals surface area (Å²) >= 11 is 0. The lowest BCUT2D eigenvalue weighted by Crippen LogP contribution is -2.53. The first-order valence-corrected chi connectivity index (χ1v) is 10.6. The van der Waals surface area contributed by atoms with Crippen LogP contribution in [0.25, 0.3) is 0 Å². The monoisotopic (exact) mass is 419 g/mol. The Labute approximate surface area is 180 Å². The molecule has 2 atom stereocenters. The highest BCUT2D eigenvalue weighted by Gasteiger charge is 2.26. The largest absolute Gasteiger partial charge is 0.449 e. The van der Waals surface area contributed by atoms with Gasteiger partial charge in [0.05, 0.1) is 6.61 Å². The molecular formula is C23H37N3O4. The first kappa shape index (κ1) is 25.5. The predicted octanol–water partition coefficient (Wildman–Crippen LogP) is 3.27. The van der Waals surface area contributed by atoms with Crippen molar-refractivity contribution in [2.45, 2.75) is 60.5 Å². The molecule has 0 aliphatic rings. The molecule has 3 amide bonds. The number of carbonyl (C=O) groups excluding carboxylic acids is 3. The Hall–Kier alpha value is -2.57. The van der Waals surface area contributed by atoms with Crippen molar-refractivity contribution >= 4 is 17.9 Å². The highest BCUT2D eigenvalue weighted by atomic mass is 16.5. The number of hydrogen-bond acceptors (Lipinski definition) is 4. The van der Waals surface area contributed by atoms with Crippen molar-refractivity contribution in [3.05, 3.63) is 35.4 Å². The number of nitrogens with one attached hydrogen (secondary N) is 3. The molecule has 1 aromatic rings. The normalized spacial score (nSPS) is 13.1. The molecule has 1 aromatic carbocycles. The SMILES string of the molecule is Cc1ccc(C(=O)N[C@H](CNC(=O)C(NC(=O)OCC(C)C)C(C)C)C(C)C)cc1. The summed E-state index contributed by atoms with van der Waals surface area (Å²) in [4.78, 5) is 37.2. The van der Waals surface area contributed by atoms with E-state index in [-0.39, 0.29) is 42.2 Å². The second-order valence-corrected chi connectivity index (χ2v) is 8.79. The number of aryl methyl sites for hydroxylation is 1. The van der Waals surface area contributed by atoms with Crippen LogP contribution in [-0.2, 0) is 9.53 Å². The zero-order valence-electron chi connectivity index (χ0n) is 19.2. The fourth-order valence-electron chi connectivity index (χ4n) is 2.68. The van der Waals surface area contributed by atoms with Crippen molar-refractivity contribution in [3.8, 4) is 0 Å². The van der Waals surface area contributed by atoms with Crippen molar-refractivity contribution in [3.63, 3.8) is 0 Å². The van der Waals surface area contributed by atoms with Crippen LogP contribution in [0.1, 0.15) is 57.5 Å². The van der Waals surface area contributed by atoms with Crippen molar-refractivity contribution in [1.29, 1.82) is 0 Å². The molecule has 0 aliphatic carbocycles. The first-order valence-electron chi connectivity index (χ1n) is 10.6. The van der Waals surface area contributed by atoms with E-state index in [0.717, 1.165) is 5.56 Å². The number of hydrogen-bond donors (Lipinski definition) is 3. The van der Waals surface area contributed by atoms with Gasteiger partial charge in [-0.25, -0.2) is 4.79 Å². The molecule has 0 aromatic heterocycles. The third-order valence-corrected chi connectivity index (χ3v) is 4.70. The Kier molecular flexibility index (Phi) is 10.4. The van der Waals surface area contributed by atoms with Crippen LogP contribution in [0.3, 0.4) is 0 Å². The topological polar surface area (TPSA) is 96.5 Å². The van der Waals surface area contributed by atoms with Gasteiger partial charge in [0, 0.05) is 18.2 Å². The number of ether oxygens (including phenoxy) is 1. The van der Waals surface area contributed by atoms with Crippen LogP contribution in [0.4, 0.5) is 4.79 Å². The van der Waals surface area contributed by atoms with Crippen LogP contribution < -0.4 is 16.0 Å². The molecule has 0 bridgehead atoms. The third kappa shape index (κ3) is 8.84. The average molecular weight is 420 g/mol. The van der Waals surface area contributed by atoms with Crippen molar-refractivity contribution < 1.29 is 19.1 Å². The van der Waals surface area contributed by atoms with E-state index in [1.807, 2.05) is 60.6 Å². The van der Waals surface area contributed by atoms with E-state index in [9.17, 15) is 14.4 Å². The summed E-state index contributed by atoms with van der Waals surface area (Å²) in [6.07, 6.45) is -0.606. The van der Waals surface area contributed by atoms with Gasteiger partial charge in [-0.3, -0.25) is 9.59 Å². The van der Waals surface area contributed by atoms with Crippen LogP contribution in [0.5, 0.6) is 0 Å². The van der Waals surface area contributed by atoms with Gasteiger partial charge in [-0.15, -0.1) is 0 Å². The summed E-state index contributed by atoms with van der Waals surface area (Å²) in [5.74, 6) is -0.274. The molecule has 1 rings (SSSR count). The second kappa shape index (κ2) is 12.2. The molecular weight excluding hydrogens is 382 g/mol. The fraction of sp³-hybridized carbons (Fsp3) is 0.609. The Balaban J connectivity index is 2.67. The van der Waals surface area contributed by atoms with E-state index in [0.29, 0.717) is 12.2 Å². The molecule has 0 radical (unpaired) electrons. The van der Waals surface area contributed by atoms with E-state index >= 15 is 0 Å². The minimum atomic E-state index is -0.717. The zero-order valence-corrected chi connectivity index (χ0v) is 19.2. The number of alkyl carbamates (subject to hydrolysis) is 1. The van der Waals surface area contributed by atoms with Crippen LogP contribution in [-0.4, -0.2) is 43.1 Å². The van der Waals surface area contributed by atoms with Gasteiger partial charge in [0.15, 0.2) is 0 Å². The molecule has 0 fully saturated rings. The molecule has 30 heavy (non-hydrogen) atoms. The minimum absolute atomic E-state index is 0.112. The van der Waals surface area contributed by atoms with Gasteiger partial charge in [0.1, 0.15) is 6.04 Å². The quantitative estimate of drug-likeness (QED) is 0.542. The van der Waals surface area contributed by atoms with E-state index in [1.165, 1.54) is 0 Å². The number of benzene rings is 1. The van der Waals surface area contributed by atoms with Crippen molar-refractivity contribution in [2.24, 2.45) is 17.8 Å². The highest BCUT2D eigenvalue weighted by Crippen LogP contribution is 2.08. The smallest absolute Gasteiger partial charge is 0.407 e. The molecule has 0 aliphatic heterocycles. The average Bonchev–Trinajstić information content (AvgIpc) is 2.67. The number of amides is 3. The van der Waals surface area contributed by atoms with Gasteiger partial charge in [0.2, 0.25) is 5.91 Å². The van der Waals surface area contributed by atoms with Crippen molar-refractivity contribution in [1.82, 2.24) is 16.0 Å². The lowest BCUT2D eigenvalue weighted by atomic mass is 10.0. The Morgan fingerprint density at radius 2 is 1.50 bits per heavy atom. The van der Waals surface area contributed by atoms with E-state index in [4.69, 9.17) is 4.74 Å². The Morgan fingerprint density at radius 1 is 0.900 bits per heavy atom. The molecule has 0 saturated carbocycles. The van der Waals surface area contributed by atoms with E-state index in [1.54, 1.807) is 12.1 Å². The maximum atomic E-state index is 12.7. The van der Waals surface area contributed by atoms with Gasteiger partial charge in [-0.2, -0.15) is 0 Å². The first-order chi connectivity index (χ1) is 14.0. The standard InChI is InChI=1S/C23H37N3O4/c1-14(2)13-30-23(29)26-20(16(5)6)22(28)24-12-19(15(3)4)25-21(27)18-10-8-17(7)9-11-18/h8-11,14-16,19-20H,12-13H2,1-7H3,(H,24,28)(H,25,27)(H,26,29)/t19-,20?/m1/s1. The van der Waals surface area contributed by atoms with Crippen LogP contribution in [0.15, 0.2) is 24.3 Å². The molecule has 3 N–H and O–H groups in total. The summed E-state index contributed by atoms with van der Waals surface area (Å²) in [5.41, 5.74) is 1.66. The summed E-state index contributed by atoms with van der Waals surface area (Å²) in [5, 5.41) is 8.48. The fourth-order valence-corrected chi connectivity index (χ4v) is 2.68. The van der Waals surface area contributed by atoms with Gasteiger partial charge < -0.3 is 20.7 Å². The molecule has 1 unspecified atom stereocenters. The molecule has 0 saturated heterocycles. The summed E-state index contributed by atoms with van der Waals surface area (Å²) in [7, 11) is 0. The summed E-state index contributed by atoms with van der Waals surface area (Å²) in [6.45, 7) is 14.1. The lowest BCUT2D eigenvalue weighted by Gasteiger charge is -2.26. The van der Waals surface area contributed by atoms with E-state index < -0.39 is 12.1 Å². The van der Waals surface area contributed by atoms with Gasteiger partial charge >= 0.3 is 6.09 Å². The summed E-state index contributed by atoms with van der Waals surface area (Å²) < 4.78 is 5.12. The Bertz CT molecular complexity index is 699. The number of rotatable bonds is 10. The molecule has 0 heterocycles. The van der Waals surface area contributed by atoms with Gasteiger partial charge in [-0.05, 0) is 36.8 Å². The maximum absolute atomic E-state index is 12.7. The Morgan fingerprint density at radius 3 is 2.00 bits per heavy atom.